The normalized spacial score (nSPS) is 17.1. The SMILES string of the molecule is CCCOc1ccc(Br)cc1CNCC(C)N1CCCC1. The molecule has 3 nitrogen and oxygen atoms in total. The lowest BCUT2D eigenvalue weighted by Crippen LogP contribution is -2.38. The van der Waals surface area contributed by atoms with Crippen molar-refractivity contribution in [3.63, 3.8) is 0 Å². The summed E-state index contributed by atoms with van der Waals surface area (Å²) in [6.07, 6.45) is 3.74. The minimum Gasteiger partial charge on any atom is -0.493 e. The maximum absolute atomic E-state index is 5.83. The molecule has 1 aliphatic rings. The fourth-order valence-electron chi connectivity index (χ4n) is 2.77. The van der Waals surface area contributed by atoms with E-state index in [0.717, 1.165) is 36.3 Å². The maximum Gasteiger partial charge on any atom is 0.123 e. The Balaban J connectivity index is 1.84. The summed E-state index contributed by atoms with van der Waals surface area (Å²) in [6, 6.07) is 6.86. The van der Waals surface area contributed by atoms with Gasteiger partial charge in [0.2, 0.25) is 0 Å². The summed E-state index contributed by atoms with van der Waals surface area (Å²) in [5.41, 5.74) is 1.23. The Morgan fingerprint density at radius 1 is 1.33 bits per heavy atom. The lowest BCUT2D eigenvalue weighted by Gasteiger charge is -2.24. The minimum atomic E-state index is 0.611. The zero-order valence-electron chi connectivity index (χ0n) is 13.2. The van der Waals surface area contributed by atoms with Gasteiger partial charge < -0.3 is 10.1 Å². The molecule has 0 amide bonds. The van der Waals surface area contributed by atoms with Gasteiger partial charge in [-0.15, -0.1) is 0 Å². The van der Waals surface area contributed by atoms with Crippen molar-refractivity contribution in [2.45, 2.75) is 45.7 Å². The molecule has 1 aliphatic heterocycles. The third-order valence-electron chi connectivity index (χ3n) is 4.00. The summed E-state index contributed by atoms with van der Waals surface area (Å²) >= 11 is 3.55. The minimum absolute atomic E-state index is 0.611. The molecule has 0 aromatic heterocycles. The molecule has 4 heteroatoms. The monoisotopic (exact) mass is 354 g/mol. The Hall–Kier alpha value is -0.580. The van der Waals surface area contributed by atoms with E-state index in [4.69, 9.17) is 4.74 Å². The van der Waals surface area contributed by atoms with Gasteiger partial charge in [-0.1, -0.05) is 22.9 Å². The zero-order chi connectivity index (χ0) is 15.1. The van der Waals surface area contributed by atoms with Gasteiger partial charge >= 0.3 is 0 Å². The molecule has 1 aromatic rings. The van der Waals surface area contributed by atoms with Crippen LogP contribution in [0, 0.1) is 0 Å². The van der Waals surface area contributed by atoms with Crippen LogP contribution >= 0.6 is 15.9 Å². The fourth-order valence-corrected chi connectivity index (χ4v) is 3.17. The second kappa shape index (κ2) is 8.76. The highest BCUT2D eigenvalue weighted by Gasteiger charge is 2.17. The lowest BCUT2D eigenvalue weighted by atomic mass is 10.2. The molecule has 1 unspecified atom stereocenters. The topological polar surface area (TPSA) is 24.5 Å². The van der Waals surface area contributed by atoms with Gasteiger partial charge in [0, 0.05) is 29.2 Å². The number of ether oxygens (including phenoxy) is 1. The molecule has 1 atom stereocenters. The van der Waals surface area contributed by atoms with Crippen molar-refractivity contribution in [2.75, 3.05) is 26.2 Å². The Morgan fingerprint density at radius 3 is 2.81 bits per heavy atom. The Labute approximate surface area is 137 Å². The number of hydrogen-bond donors (Lipinski definition) is 1. The molecule has 0 spiro atoms. The molecule has 0 radical (unpaired) electrons. The van der Waals surface area contributed by atoms with Crippen LogP contribution < -0.4 is 10.1 Å². The van der Waals surface area contributed by atoms with Crippen molar-refractivity contribution in [1.29, 1.82) is 0 Å². The number of halogens is 1. The van der Waals surface area contributed by atoms with Crippen LogP contribution in [0.5, 0.6) is 5.75 Å². The fraction of sp³-hybridized carbons (Fsp3) is 0.647. The van der Waals surface area contributed by atoms with E-state index in [0.29, 0.717) is 6.04 Å². The largest absolute Gasteiger partial charge is 0.493 e. The predicted octanol–water partition coefficient (Wildman–Crippen LogP) is 3.81. The quantitative estimate of drug-likeness (QED) is 0.767. The third kappa shape index (κ3) is 5.28. The van der Waals surface area contributed by atoms with E-state index in [1.807, 2.05) is 6.07 Å². The molecule has 0 bridgehead atoms. The van der Waals surface area contributed by atoms with Gasteiger partial charge in [0.25, 0.3) is 0 Å². The van der Waals surface area contributed by atoms with Crippen molar-refractivity contribution in [3.8, 4) is 5.75 Å². The maximum atomic E-state index is 5.83. The molecule has 21 heavy (non-hydrogen) atoms. The molecule has 1 fully saturated rings. The lowest BCUT2D eigenvalue weighted by molar-refractivity contribution is 0.251. The van der Waals surface area contributed by atoms with Gasteiger partial charge in [-0.3, -0.25) is 4.90 Å². The van der Waals surface area contributed by atoms with E-state index in [9.17, 15) is 0 Å². The zero-order valence-corrected chi connectivity index (χ0v) is 14.8. The summed E-state index contributed by atoms with van der Waals surface area (Å²) in [5.74, 6) is 1.00. The van der Waals surface area contributed by atoms with Crippen LogP contribution in [0.2, 0.25) is 0 Å². The molecule has 1 heterocycles. The van der Waals surface area contributed by atoms with Gasteiger partial charge in [0.1, 0.15) is 5.75 Å². The standard InChI is InChI=1S/C17H27BrN2O/c1-3-10-21-17-7-6-16(18)11-15(17)13-19-12-14(2)20-8-4-5-9-20/h6-7,11,14,19H,3-5,8-10,12-13H2,1-2H3. The summed E-state index contributed by atoms with van der Waals surface area (Å²) in [7, 11) is 0. The molecule has 118 valence electrons. The number of hydrogen-bond acceptors (Lipinski definition) is 3. The van der Waals surface area contributed by atoms with Crippen LogP contribution in [0.1, 0.15) is 38.7 Å². The first kappa shape index (κ1) is 16.8. The summed E-state index contributed by atoms with van der Waals surface area (Å²) in [6.45, 7) is 9.62. The van der Waals surface area contributed by atoms with Crippen LogP contribution in [-0.2, 0) is 6.54 Å². The highest BCUT2D eigenvalue weighted by Crippen LogP contribution is 2.23. The van der Waals surface area contributed by atoms with Crippen molar-refractivity contribution in [1.82, 2.24) is 10.2 Å². The Morgan fingerprint density at radius 2 is 2.10 bits per heavy atom. The number of nitrogens with one attached hydrogen (secondary N) is 1. The van der Waals surface area contributed by atoms with E-state index in [2.05, 4.69) is 52.1 Å². The summed E-state index contributed by atoms with van der Waals surface area (Å²) in [5, 5.41) is 3.58. The van der Waals surface area contributed by atoms with E-state index in [1.165, 1.54) is 31.5 Å². The van der Waals surface area contributed by atoms with Crippen LogP contribution in [0.4, 0.5) is 0 Å². The second-order valence-corrected chi connectivity index (χ2v) is 6.74. The summed E-state index contributed by atoms with van der Waals surface area (Å²) < 4.78 is 6.93. The Bertz CT molecular complexity index is 433. The van der Waals surface area contributed by atoms with E-state index < -0.39 is 0 Å². The molecular formula is C17H27BrN2O. The first-order valence-corrected chi connectivity index (χ1v) is 8.86. The Kier molecular flexibility index (Phi) is 7.00. The number of nitrogens with zero attached hydrogens (tertiary/aromatic N) is 1. The average Bonchev–Trinajstić information content (AvgIpc) is 3.00. The molecule has 1 aromatic carbocycles. The first-order chi connectivity index (χ1) is 10.2. The highest BCUT2D eigenvalue weighted by molar-refractivity contribution is 9.10. The number of benzene rings is 1. The van der Waals surface area contributed by atoms with Gasteiger partial charge in [-0.05, 0) is 57.5 Å². The van der Waals surface area contributed by atoms with Crippen LogP contribution in [0.3, 0.4) is 0 Å². The number of likely N-dealkylation sites (tertiary alicyclic amines) is 1. The smallest absolute Gasteiger partial charge is 0.123 e. The van der Waals surface area contributed by atoms with Gasteiger partial charge in [0.15, 0.2) is 0 Å². The third-order valence-corrected chi connectivity index (χ3v) is 4.50. The molecule has 0 aliphatic carbocycles. The van der Waals surface area contributed by atoms with E-state index in [1.54, 1.807) is 0 Å². The average molecular weight is 355 g/mol. The van der Waals surface area contributed by atoms with Gasteiger partial charge in [-0.25, -0.2) is 0 Å². The molecule has 1 saturated heterocycles. The van der Waals surface area contributed by atoms with Crippen molar-refractivity contribution >= 4 is 15.9 Å². The summed E-state index contributed by atoms with van der Waals surface area (Å²) in [4.78, 5) is 2.57. The molecular weight excluding hydrogens is 328 g/mol. The van der Waals surface area contributed by atoms with E-state index >= 15 is 0 Å². The van der Waals surface area contributed by atoms with Gasteiger partial charge in [-0.2, -0.15) is 0 Å². The molecule has 1 N–H and O–H groups in total. The van der Waals surface area contributed by atoms with Crippen molar-refractivity contribution < 1.29 is 4.74 Å². The molecule has 0 saturated carbocycles. The predicted molar refractivity (Wildman–Crippen MR) is 91.9 cm³/mol. The number of rotatable bonds is 8. The van der Waals surface area contributed by atoms with Crippen molar-refractivity contribution in [3.05, 3.63) is 28.2 Å². The highest BCUT2D eigenvalue weighted by atomic mass is 79.9. The van der Waals surface area contributed by atoms with Crippen LogP contribution in [0.25, 0.3) is 0 Å². The second-order valence-electron chi connectivity index (χ2n) is 5.82. The van der Waals surface area contributed by atoms with Gasteiger partial charge in [0.05, 0.1) is 6.61 Å². The van der Waals surface area contributed by atoms with Crippen LogP contribution in [-0.4, -0.2) is 37.2 Å². The van der Waals surface area contributed by atoms with Crippen molar-refractivity contribution in [2.24, 2.45) is 0 Å². The van der Waals surface area contributed by atoms with E-state index in [-0.39, 0.29) is 0 Å². The first-order valence-electron chi connectivity index (χ1n) is 8.06. The van der Waals surface area contributed by atoms with Crippen LogP contribution in [0.15, 0.2) is 22.7 Å². The molecule has 2 rings (SSSR count).